The minimum atomic E-state index is -4.68. The highest BCUT2D eigenvalue weighted by Crippen LogP contribution is 2.36. The molecule has 1 fully saturated rings. The van der Waals surface area contributed by atoms with Crippen molar-refractivity contribution in [3.05, 3.63) is 66.9 Å². The molecule has 0 spiro atoms. The molecule has 0 radical (unpaired) electrons. The predicted octanol–water partition coefficient (Wildman–Crippen LogP) is 3.57. The van der Waals surface area contributed by atoms with Crippen molar-refractivity contribution < 1.29 is 31.9 Å². The number of hydrogen-bond acceptors (Lipinski definition) is 6. The molecule has 4 heterocycles. The number of nitrogens with one attached hydrogen (secondary N) is 3. The minimum Gasteiger partial charge on any atom is -0.335 e. The number of nitrogens with zero attached hydrogens (tertiary/aromatic N) is 4. The van der Waals surface area contributed by atoms with Crippen molar-refractivity contribution in [1.82, 2.24) is 25.1 Å². The molecule has 4 rings (SSSR count). The summed E-state index contributed by atoms with van der Waals surface area (Å²) < 4.78 is 53.4. The van der Waals surface area contributed by atoms with Crippen LogP contribution >= 0.6 is 0 Å². The SMILES string of the molecule is C=C(F)C(=O)N1CC(C(=O)Nc2ccc(NC(=O)c3cccc(-c4ccn[nH]4)n3)nc2)CC(C(F)(F)F)C1. The monoisotopic (exact) mass is 531 g/mol. The predicted molar refractivity (Wildman–Crippen MR) is 127 cm³/mol. The van der Waals surface area contributed by atoms with Gasteiger partial charge in [-0.25, -0.2) is 14.4 Å². The van der Waals surface area contributed by atoms with Gasteiger partial charge in [-0.1, -0.05) is 12.6 Å². The van der Waals surface area contributed by atoms with E-state index < -0.39 is 61.1 Å². The van der Waals surface area contributed by atoms with Crippen molar-refractivity contribution in [1.29, 1.82) is 0 Å². The Morgan fingerprint density at radius 2 is 1.87 bits per heavy atom. The summed E-state index contributed by atoms with van der Waals surface area (Å²) in [6, 6.07) is 9.33. The Hall–Kier alpha value is -4.62. The van der Waals surface area contributed by atoms with Crippen LogP contribution in [-0.4, -0.2) is 62.1 Å². The number of aromatic amines is 1. The zero-order chi connectivity index (χ0) is 27.4. The van der Waals surface area contributed by atoms with E-state index >= 15 is 0 Å². The third-order valence-electron chi connectivity index (χ3n) is 5.83. The van der Waals surface area contributed by atoms with Crippen molar-refractivity contribution in [2.75, 3.05) is 23.7 Å². The molecule has 14 heteroatoms. The normalized spacial score (nSPS) is 17.5. The maximum absolute atomic E-state index is 13.4. The van der Waals surface area contributed by atoms with E-state index in [1.807, 2.05) is 0 Å². The molecule has 0 saturated carbocycles. The fourth-order valence-electron chi connectivity index (χ4n) is 3.94. The molecular weight excluding hydrogens is 510 g/mol. The van der Waals surface area contributed by atoms with Crippen LogP contribution in [0.3, 0.4) is 0 Å². The number of alkyl halides is 3. The van der Waals surface area contributed by atoms with E-state index in [0.29, 0.717) is 16.3 Å². The number of aromatic nitrogens is 4. The van der Waals surface area contributed by atoms with E-state index in [9.17, 15) is 31.9 Å². The van der Waals surface area contributed by atoms with Crippen LogP contribution < -0.4 is 10.6 Å². The van der Waals surface area contributed by atoms with Gasteiger partial charge in [0.1, 0.15) is 11.5 Å². The van der Waals surface area contributed by atoms with Gasteiger partial charge >= 0.3 is 6.18 Å². The van der Waals surface area contributed by atoms with Gasteiger partial charge in [0.15, 0.2) is 5.83 Å². The van der Waals surface area contributed by atoms with Crippen LogP contribution in [0.4, 0.5) is 29.1 Å². The number of halogens is 4. The standard InChI is InChI=1S/C24H21F4N7O3/c1-13(25)23(38)35-11-14(9-15(12-35)24(26,27)28)21(36)31-16-5-6-20(29-10-16)33-22(37)19-4-2-3-17(32-19)18-7-8-30-34-18/h2-8,10,14-15H,1,9,11-12H2,(H,30,34)(H,31,36)(H,29,33,37). The second-order valence-electron chi connectivity index (χ2n) is 8.54. The van der Waals surface area contributed by atoms with Crippen molar-refractivity contribution >= 4 is 29.2 Å². The average molecular weight is 531 g/mol. The Bertz CT molecular complexity index is 1340. The second kappa shape index (κ2) is 10.8. The van der Waals surface area contributed by atoms with Gasteiger partial charge in [0.25, 0.3) is 11.8 Å². The summed E-state index contributed by atoms with van der Waals surface area (Å²) >= 11 is 0. The third kappa shape index (κ3) is 6.19. The van der Waals surface area contributed by atoms with Crippen LogP contribution in [-0.2, 0) is 9.59 Å². The van der Waals surface area contributed by atoms with Crippen LogP contribution in [0.2, 0.25) is 0 Å². The summed E-state index contributed by atoms with van der Waals surface area (Å²) in [5, 5.41) is 11.6. The molecule has 0 aromatic carbocycles. The van der Waals surface area contributed by atoms with Gasteiger partial charge in [-0.15, -0.1) is 0 Å². The summed E-state index contributed by atoms with van der Waals surface area (Å²) in [4.78, 5) is 46.1. The fraction of sp³-hybridized carbons (Fsp3) is 0.250. The Kier molecular flexibility index (Phi) is 7.50. The minimum absolute atomic E-state index is 0.114. The Labute approximate surface area is 213 Å². The number of hydrogen-bond donors (Lipinski definition) is 3. The van der Waals surface area contributed by atoms with E-state index in [1.54, 1.807) is 24.4 Å². The van der Waals surface area contributed by atoms with Gasteiger partial charge in [-0.2, -0.15) is 18.3 Å². The second-order valence-corrected chi connectivity index (χ2v) is 8.54. The molecule has 10 nitrogen and oxygen atoms in total. The lowest BCUT2D eigenvalue weighted by Crippen LogP contribution is -2.50. The summed E-state index contributed by atoms with van der Waals surface area (Å²) in [5.41, 5.74) is 1.39. The van der Waals surface area contributed by atoms with Crippen LogP contribution in [0.25, 0.3) is 11.4 Å². The molecule has 0 bridgehead atoms. The zero-order valence-corrected chi connectivity index (χ0v) is 19.6. The Morgan fingerprint density at radius 1 is 1.08 bits per heavy atom. The van der Waals surface area contributed by atoms with Gasteiger partial charge < -0.3 is 15.5 Å². The quantitative estimate of drug-likeness (QED) is 0.329. The number of likely N-dealkylation sites (tertiary alicyclic amines) is 1. The molecule has 2 unspecified atom stereocenters. The van der Waals surface area contributed by atoms with Crippen molar-refractivity contribution in [3.63, 3.8) is 0 Å². The van der Waals surface area contributed by atoms with Crippen LogP contribution in [0, 0.1) is 11.8 Å². The number of piperidine rings is 1. The molecule has 3 aromatic heterocycles. The lowest BCUT2D eigenvalue weighted by molar-refractivity contribution is -0.192. The topological polar surface area (TPSA) is 133 Å². The third-order valence-corrected chi connectivity index (χ3v) is 5.83. The maximum atomic E-state index is 13.4. The van der Waals surface area contributed by atoms with E-state index in [1.165, 1.54) is 24.4 Å². The maximum Gasteiger partial charge on any atom is 0.393 e. The molecule has 38 heavy (non-hydrogen) atoms. The van der Waals surface area contributed by atoms with Crippen LogP contribution in [0.1, 0.15) is 16.9 Å². The summed E-state index contributed by atoms with van der Waals surface area (Å²) in [6.45, 7) is 1.68. The van der Waals surface area contributed by atoms with Gasteiger partial charge in [0, 0.05) is 19.3 Å². The van der Waals surface area contributed by atoms with E-state index in [-0.39, 0.29) is 17.2 Å². The Morgan fingerprint density at radius 3 is 2.50 bits per heavy atom. The van der Waals surface area contributed by atoms with Crippen LogP contribution in [0.15, 0.2) is 61.2 Å². The molecule has 1 saturated heterocycles. The number of H-pyrrole nitrogens is 1. The highest BCUT2D eigenvalue weighted by atomic mass is 19.4. The molecule has 0 aliphatic carbocycles. The molecule has 1 aliphatic heterocycles. The Balaban J connectivity index is 1.40. The zero-order valence-electron chi connectivity index (χ0n) is 19.6. The molecule has 3 aromatic rings. The smallest absolute Gasteiger partial charge is 0.335 e. The summed E-state index contributed by atoms with van der Waals surface area (Å²) in [5.74, 6) is -7.14. The molecule has 1 aliphatic rings. The van der Waals surface area contributed by atoms with Crippen molar-refractivity contribution in [2.24, 2.45) is 11.8 Å². The fourth-order valence-corrected chi connectivity index (χ4v) is 3.94. The van der Waals surface area contributed by atoms with Gasteiger partial charge in [0.2, 0.25) is 5.91 Å². The molecule has 2 atom stereocenters. The summed E-state index contributed by atoms with van der Waals surface area (Å²) in [7, 11) is 0. The molecular formula is C24H21F4N7O3. The largest absolute Gasteiger partial charge is 0.393 e. The number of carbonyl (C=O) groups is 3. The summed E-state index contributed by atoms with van der Waals surface area (Å²) in [6.07, 6.45) is -2.49. The van der Waals surface area contributed by atoms with E-state index in [0.717, 1.165) is 0 Å². The molecule has 3 N–H and O–H groups in total. The first-order valence-electron chi connectivity index (χ1n) is 11.3. The van der Waals surface area contributed by atoms with Gasteiger partial charge in [-0.3, -0.25) is 19.5 Å². The molecule has 3 amide bonds. The average Bonchev–Trinajstić information content (AvgIpc) is 3.44. The number of pyridine rings is 2. The lowest BCUT2D eigenvalue weighted by atomic mass is 9.88. The van der Waals surface area contributed by atoms with Crippen molar-refractivity contribution in [3.8, 4) is 11.4 Å². The number of carbonyl (C=O) groups excluding carboxylic acids is 3. The highest BCUT2D eigenvalue weighted by Gasteiger charge is 2.47. The van der Waals surface area contributed by atoms with Gasteiger partial charge in [0.05, 0.1) is 35.1 Å². The number of amides is 3. The van der Waals surface area contributed by atoms with Crippen LogP contribution in [0.5, 0.6) is 0 Å². The van der Waals surface area contributed by atoms with E-state index in [4.69, 9.17) is 0 Å². The first-order chi connectivity index (χ1) is 18.0. The van der Waals surface area contributed by atoms with Gasteiger partial charge in [-0.05, 0) is 36.8 Å². The van der Waals surface area contributed by atoms with E-state index in [2.05, 4.69) is 37.4 Å². The number of anilines is 2. The first-order valence-corrected chi connectivity index (χ1v) is 11.3. The van der Waals surface area contributed by atoms with Crippen molar-refractivity contribution in [2.45, 2.75) is 12.6 Å². The molecule has 198 valence electrons. The number of rotatable bonds is 6. The highest BCUT2D eigenvalue weighted by molar-refractivity contribution is 6.02. The first kappa shape index (κ1) is 26.4. The lowest BCUT2D eigenvalue weighted by Gasteiger charge is -2.37.